The molecule has 0 unspecified atom stereocenters. The number of ketones is 1. The molecular weight excluding hydrogens is 114 g/mol. The van der Waals surface area contributed by atoms with Crippen molar-refractivity contribution in [1.82, 2.24) is 4.90 Å². The molecule has 1 rings (SSSR count). The number of likely N-dealkylation sites (N-methyl/N-ethyl adjacent to an activating group) is 1. The lowest BCUT2D eigenvalue weighted by Gasteiger charge is -2.06. The van der Waals surface area contributed by atoms with Gasteiger partial charge in [0.05, 0.1) is 0 Å². The number of carbonyl (C=O) groups is 1. The van der Waals surface area contributed by atoms with Crippen molar-refractivity contribution >= 4 is 5.78 Å². The fraction of sp³-hybridized carbons (Fsp3) is 0.286. The second-order valence-corrected chi connectivity index (χ2v) is 2.06. The zero-order chi connectivity index (χ0) is 6.69. The van der Waals surface area contributed by atoms with Crippen LogP contribution < -0.4 is 0 Å². The van der Waals surface area contributed by atoms with Gasteiger partial charge in [-0.15, -0.1) is 0 Å². The minimum Gasteiger partial charge on any atom is -0.377 e. The summed E-state index contributed by atoms with van der Waals surface area (Å²) in [6.07, 6.45) is 6.77. The third-order valence-electron chi connectivity index (χ3n) is 1.17. The summed E-state index contributed by atoms with van der Waals surface area (Å²) >= 11 is 0. The van der Waals surface area contributed by atoms with E-state index in [0.29, 0.717) is 0 Å². The van der Waals surface area contributed by atoms with Crippen molar-refractivity contribution in [3.8, 4) is 0 Å². The average Bonchev–Trinajstić information content (AvgIpc) is 1.97. The first kappa shape index (κ1) is 6.08. The van der Waals surface area contributed by atoms with Gasteiger partial charge in [-0.2, -0.15) is 0 Å². The van der Waals surface area contributed by atoms with Gasteiger partial charge in [-0.25, -0.2) is 0 Å². The van der Waals surface area contributed by atoms with E-state index in [1.54, 1.807) is 18.4 Å². The number of hydrogen-bond acceptors (Lipinski definition) is 2. The number of rotatable bonds is 0. The Kier molecular flexibility index (Phi) is 1.68. The number of nitrogens with zero attached hydrogens (tertiary/aromatic N) is 1. The third-order valence-corrected chi connectivity index (χ3v) is 1.17. The van der Waals surface area contributed by atoms with Crippen LogP contribution in [0.3, 0.4) is 0 Å². The van der Waals surface area contributed by atoms with E-state index in [2.05, 4.69) is 0 Å². The zero-order valence-electron chi connectivity index (χ0n) is 5.37. The maximum Gasteiger partial charge on any atom is 0.179 e. The average molecular weight is 123 g/mol. The Morgan fingerprint density at radius 2 is 2.33 bits per heavy atom. The van der Waals surface area contributed by atoms with E-state index in [0.717, 1.165) is 6.54 Å². The van der Waals surface area contributed by atoms with Gasteiger partial charge in [0.15, 0.2) is 5.78 Å². The molecule has 48 valence electrons. The van der Waals surface area contributed by atoms with Crippen LogP contribution in [0.1, 0.15) is 0 Å². The lowest BCUT2D eigenvalue weighted by Crippen LogP contribution is -2.08. The molecule has 0 aromatic carbocycles. The van der Waals surface area contributed by atoms with Crippen LogP contribution in [0.2, 0.25) is 0 Å². The fourth-order valence-corrected chi connectivity index (χ4v) is 0.652. The normalized spacial score (nSPS) is 18.3. The molecule has 2 heteroatoms. The fourth-order valence-electron chi connectivity index (χ4n) is 0.652. The summed E-state index contributed by atoms with van der Waals surface area (Å²) in [5.41, 5.74) is 0. The Labute approximate surface area is 54.5 Å². The summed E-state index contributed by atoms with van der Waals surface area (Å²) in [6, 6.07) is 0. The molecule has 9 heavy (non-hydrogen) atoms. The molecule has 0 saturated heterocycles. The molecule has 0 N–H and O–H groups in total. The molecule has 0 spiro atoms. The smallest absolute Gasteiger partial charge is 0.179 e. The maximum absolute atomic E-state index is 10.6. The molecule has 1 aliphatic rings. The van der Waals surface area contributed by atoms with E-state index < -0.39 is 0 Å². The van der Waals surface area contributed by atoms with E-state index >= 15 is 0 Å². The van der Waals surface area contributed by atoms with Crippen molar-refractivity contribution in [3.63, 3.8) is 0 Å². The molecule has 0 amide bonds. The van der Waals surface area contributed by atoms with Crippen LogP contribution >= 0.6 is 0 Å². The van der Waals surface area contributed by atoms with Crippen LogP contribution in [0.5, 0.6) is 0 Å². The SMILES string of the molecule is CN1C=CC(=O)C=CC1. The molecular formula is C7H9NO. The molecule has 0 aliphatic carbocycles. The highest BCUT2D eigenvalue weighted by atomic mass is 16.1. The third kappa shape index (κ3) is 1.72. The first-order valence-electron chi connectivity index (χ1n) is 2.88. The number of carbonyl (C=O) groups excluding carboxylic acids is 1. The van der Waals surface area contributed by atoms with Gasteiger partial charge in [-0.3, -0.25) is 4.79 Å². The van der Waals surface area contributed by atoms with Crippen LogP contribution in [0.25, 0.3) is 0 Å². The summed E-state index contributed by atoms with van der Waals surface area (Å²) in [4.78, 5) is 12.6. The Bertz CT molecular complexity index is 170. The van der Waals surface area contributed by atoms with Crippen molar-refractivity contribution in [3.05, 3.63) is 24.4 Å². The van der Waals surface area contributed by atoms with Crippen molar-refractivity contribution in [2.45, 2.75) is 0 Å². The summed E-state index contributed by atoms with van der Waals surface area (Å²) in [5.74, 6) is 0.0688. The summed E-state index contributed by atoms with van der Waals surface area (Å²) < 4.78 is 0. The Morgan fingerprint density at radius 1 is 1.56 bits per heavy atom. The Hall–Kier alpha value is -1.05. The Balaban J connectivity index is 2.69. The van der Waals surface area contributed by atoms with Gasteiger partial charge >= 0.3 is 0 Å². The van der Waals surface area contributed by atoms with E-state index in [1.165, 1.54) is 0 Å². The summed E-state index contributed by atoms with van der Waals surface area (Å²) in [5, 5.41) is 0. The van der Waals surface area contributed by atoms with Gasteiger partial charge in [-0.05, 0) is 6.08 Å². The van der Waals surface area contributed by atoms with Gasteiger partial charge in [0, 0.05) is 25.9 Å². The van der Waals surface area contributed by atoms with Crippen LogP contribution in [0.15, 0.2) is 24.4 Å². The molecule has 0 saturated carbocycles. The van der Waals surface area contributed by atoms with Crippen LogP contribution in [0.4, 0.5) is 0 Å². The largest absolute Gasteiger partial charge is 0.377 e. The monoisotopic (exact) mass is 123 g/mol. The molecule has 0 fully saturated rings. The van der Waals surface area contributed by atoms with Crippen molar-refractivity contribution in [2.75, 3.05) is 13.6 Å². The van der Waals surface area contributed by atoms with Crippen LogP contribution in [-0.4, -0.2) is 24.3 Å². The minimum absolute atomic E-state index is 0.0688. The quantitative estimate of drug-likeness (QED) is 0.469. The zero-order valence-corrected chi connectivity index (χ0v) is 5.37. The van der Waals surface area contributed by atoms with Crippen LogP contribution in [0, 0.1) is 0 Å². The van der Waals surface area contributed by atoms with Gasteiger partial charge in [0.2, 0.25) is 0 Å². The lowest BCUT2D eigenvalue weighted by molar-refractivity contribution is -0.110. The van der Waals surface area contributed by atoms with E-state index in [9.17, 15) is 4.79 Å². The van der Waals surface area contributed by atoms with E-state index in [1.807, 2.05) is 18.0 Å². The molecule has 0 radical (unpaired) electrons. The molecule has 1 heterocycles. The number of allylic oxidation sites excluding steroid dienone is 2. The van der Waals surface area contributed by atoms with Gasteiger partial charge in [0.1, 0.15) is 0 Å². The standard InChI is InChI=1S/C7H9NO/c1-8-5-2-3-7(9)4-6-8/h2-4,6H,5H2,1H3. The topological polar surface area (TPSA) is 20.3 Å². The summed E-state index contributed by atoms with van der Waals surface area (Å²) in [6.45, 7) is 0.822. The van der Waals surface area contributed by atoms with Crippen LogP contribution in [-0.2, 0) is 4.79 Å². The highest BCUT2D eigenvalue weighted by Gasteiger charge is 1.94. The van der Waals surface area contributed by atoms with Gasteiger partial charge < -0.3 is 4.90 Å². The second kappa shape index (κ2) is 2.49. The van der Waals surface area contributed by atoms with Crippen molar-refractivity contribution in [1.29, 1.82) is 0 Å². The molecule has 1 aliphatic heterocycles. The summed E-state index contributed by atoms with van der Waals surface area (Å²) in [7, 11) is 1.93. The Morgan fingerprint density at radius 3 is 3.11 bits per heavy atom. The second-order valence-electron chi connectivity index (χ2n) is 2.06. The lowest BCUT2D eigenvalue weighted by atomic mass is 10.3. The molecule has 0 bridgehead atoms. The highest BCUT2D eigenvalue weighted by molar-refractivity contribution is 5.99. The van der Waals surface area contributed by atoms with E-state index in [-0.39, 0.29) is 5.78 Å². The number of hydrogen-bond donors (Lipinski definition) is 0. The predicted octanol–water partition coefficient (Wildman–Crippen LogP) is 0.571. The molecule has 2 nitrogen and oxygen atoms in total. The van der Waals surface area contributed by atoms with Gasteiger partial charge in [-0.1, -0.05) is 6.08 Å². The predicted molar refractivity (Wildman–Crippen MR) is 35.9 cm³/mol. The molecule has 0 atom stereocenters. The first-order valence-corrected chi connectivity index (χ1v) is 2.88. The van der Waals surface area contributed by atoms with Crippen molar-refractivity contribution in [2.24, 2.45) is 0 Å². The maximum atomic E-state index is 10.6. The van der Waals surface area contributed by atoms with Gasteiger partial charge in [0.25, 0.3) is 0 Å². The first-order chi connectivity index (χ1) is 4.29. The van der Waals surface area contributed by atoms with Crippen molar-refractivity contribution < 1.29 is 4.79 Å². The molecule has 0 aromatic heterocycles. The highest BCUT2D eigenvalue weighted by Crippen LogP contribution is 1.92. The minimum atomic E-state index is 0.0688. The van der Waals surface area contributed by atoms with E-state index in [4.69, 9.17) is 0 Å². The molecule has 0 aromatic rings.